The molecule has 0 aliphatic carbocycles. The maximum atomic E-state index is 12.3. The highest BCUT2D eigenvalue weighted by Gasteiger charge is 2.38. The van der Waals surface area contributed by atoms with Crippen LogP contribution in [0.5, 0.6) is 0 Å². The van der Waals surface area contributed by atoms with Gasteiger partial charge in [-0.3, -0.25) is 19.4 Å². The Morgan fingerprint density at radius 1 is 1.11 bits per heavy atom. The lowest BCUT2D eigenvalue weighted by Crippen LogP contribution is -2.49. The first-order valence-corrected chi connectivity index (χ1v) is 9.68. The molecule has 2 amide bonds. The van der Waals surface area contributed by atoms with Crippen LogP contribution in [0, 0.1) is 5.41 Å². The second-order valence-electron chi connectivity index (χ2n) is 7.94. The molecule has 1 unspecified atom stereocenters. The third-order valence-corrected chi connectivity index (χ3v) is 4.80. The van der Waals surface area contributed by atoms with Crippen molar-refractivity contribution < 1.29 is 19.1 Å². The molecule has 0 spiro atoms. The molecule has 1 rings (SSSR count). The van der Waals surface area contributed by atoms with Gasteiger partial charge >= 0.3 is 5.97 Å². The second kappa shape index (κ2) is 10.8. The number of nitrogens with zero attached hydrogens (tertiary/aromatic N) is 1. The van der Waals surface area contributed by atoms with E-state index in [1.54, 1.807) is 20.0 Å². The minimum Gasteiger partial charge on any atom is -0.469 e. The molecule has 2 N–H and O–H groups in total. The van der Waals surface area contributed by atoms with Crippen molar-refractivity contribution in [1.82, 2.24) is 15.6 Å². The van der Waals surface area contributed by atoms with E-state index in [4.69, 9.17) is 4.74 Å². The standard InChI is InChI=1S/C21H33N3O4/c1-6-21(4,15-20(2,3)19(27)28-5)24-18(26)11-10-17(25)23-14-12-16-9-7-8-13-22-16/h7-9,13H,6,10-12,14-15H2,1-5H3,(H,23,25)(H,24,26). The van der Waals surface area contributed by atoms with Crippen LogP contribution < -0.4 is 10.6 Å². The summed E-state index contributed by atoms with van der Waals surface area (Å²) >= 11 is 0. The highest BCUT2D eigenvalue weighted by atomic mass is 16.5. The van der Waals surface area contributed by atoms with Crippen molar-refractivity contribution in [2.45, 2.75) is 65.3 Å². The van der Waals surface area contributed by atoms with E-state index in [2.05, 4.69) is 15.6 Å². The van der Waals surface area contributed by atoms with Gasteiger partial charge in [0.05, 0.1) is 12.5 Å². The number of carbonyl (C=O) groups excluding carboxylic acids is 3. The van der Waals surface area contributed by atoms with Crippen LogP contribution >= 0.6 is 0 Å². The molecule has 0 fully saturated rings. The Balaban J connectivity index is 2.42. The van der Waals surface area contributed by atoms with E-state index in [1.165, 1.54) is 7.11 Å². The Morgan fingerprint density at radius 2 is 1.79 bits per heavy atom. The minimum atomic E-state index is -0.713. The summed E-state index contributed by atoms with van der Waals surface area (Å²) in [7, 11) is 1.36. The van der Waals surface area contributed by atoms with E-state index in [9.17, 15) is 14.4 Å². The number of methoxy groups -OCH3 is 1. The van der Waals surface area contributed by atoms with Gasteiger partial charge in [0.2, 0.25) is 11.8 Å². The normalized spacial score (nSPS) is 13.3. The lowest BCUT2D eigenvalue weighted by molar-refractivity contribution is -0.152. The molecule has 0 aromatic carbocycles. The molecular formula is C21H33N3O4. The van der Waals surface area contributed by atoms with Crippen molar-refractivity contribution in [2.75, 3.05) is 13.7 Å². The zero-order valence-corrected chi connectivity index (χ0v) is 17.6. The summed E-state index contributed by atoms with van der Waals surface area (Å²) < 4.78 is 4.85. The Bertz CT molecular complexity index is 661. The summed E-state index contributed by atoms with van der Waals surface area (Å²) in [5, 5.41) is 5.78. The van der Waals surface area contributed by atoms with Gasteiger partial charge in [-0.05, 0) is 45.7 Å². The molecule has 7 nitrogen and oxygen atoms in total. The van der Waals surface area contributed by atoms with Crippen molar-refractivity contribution in [2.24, 2.45) is 5.41 Å². The van der Waals surface area contributed by atoms with Crippen molar-refractivity contribution >= 4 is 17.8 Å². The van der Waals surface area contributed by atoms with E-state index in [-0.39, 0.29) is 30.6 Å². The number of hydrogen-bond donors (Lipinski definition) is 2. The largest absolute Gasteiger partial charge is 0.469 e. The molecule has 0 aliphatic heterocycles. The van der Waals surface area contributed by atoms with Gasteiger partial charge in [0, 0.05) is 43.2 Å². The van der Waals surface area contributed by atoms with E-state index >= 15 is 0 Å². The molecule has 0 radical (unpaired) electrons. The summed E-state index contributed by atoms with van der Waals surface area (Å²) in [6.07, 6.45) is 3.70. The molecule has 28 heavy (non-hydrogen) atoms. The van der Waals surface area contributed by atoms with E-state index in [1.807, 2.05) is 32.0 Å². The van der Waals surface area contributed by atoms with E-state index in [0.29, 0.717) is 25.8 Å². The highest BCUT2D eigenvalue weighted by molar-refractivity contribution is 5.84. The SMILES string of the molecule is CCC(C)(CC(C)(C)C(=O)OC)NC(=O)CCC(=O)NCCc1ccccn1. The highest BCUT2D eigenvalue weighted by Crippen LogP contribution is 2.31. The molecule has 0 aliphatic rings. The minimum absolute atomic E-state index is 0.101. The molecule has 1 aromatic heterocycles. The van der Waals surface area contributed by atoms with Crippen molar-refractivity contribution in [1.29, 1.82) is 0 Å². The molecule has 1 aromatic rings. The number of amides is 2. The second-order valence-corrected chi connectivity index (χ2v) is 7.94. The Kier molecular flexibility index (Phi) is 9.09. The van der Waals surface area contributed by atoms with Crippen LogP contribution in [0.25, 0.3) is 0 Å². The third kappa shape index (κ3) is 8.06. The quantitative estimate of drug-likeness (QED) is 0.565. The van der Waals surface area contributed by atoms with Crippen LogP contribution in [0.2, 0.25) is 0 Å². The zero-order chi connectivity index (χ0) is 21.2. The van der Waals surface area contributed by atoms with Crippen molar-refractivity contribution in [3.05, 3.63) is 30.1 Å². The van der Waals surface area contributed by atoms with Crippen molar-refractivity contribution in [3.63, 3.8) is 0 Å². The molecule has 0 saturated carbocycles. The summed E-state index contributed by atoms with van der Waals surface area (Å²) in [6.45, 7) is 7.94. The average Bonchev–Trinajstić information content (AvgIpc) is 2.66. The van der Waals surface area contributed by atoms with Gasteiger partial charge in [-0.15, -0.1) is 0 Å². The van der Waals surface area contributed by atoms with Crippen LogP contribution in [0.15, 0.2) is 24.4 Å². The summed E-state index contributed by atoms with van der Waals surface area (Å²) in [4.78, 5) is 40.4. The predicted octanol–water partition coefficient (Wildman–Crippen LogP) is 2.39. The van der Waals surface area contributed by atoms with Gasteiger partial charge < -0.3 is 15.4 Å². The van der Waals surface area contributed by atoms with Gasteiger partial charge in [-0.1, -0.05) is 13.0 Å². The lowest BCUT2D eigenvalue weighted by Gasteiger charge is -2.36. The van der Waals surface area contributed by atoms with Gasteiger partial charge in [-0.25, -0.2) is 0 Å². The number of rotatable bonds is 11. The number of hydrogen-bond acceptors (Lipinski definition) is 5. The number of esters is 1. The summed E-state index contributed by atoms with van der Waals surface area (Å²) in [6, 6.07) is 5.65. The predicted molar refractivity (Wildman–Crippen MR) is 107 cm³/mol. The molecule has 7 heteroatoms. The fourth-order valence-electron chi connectivity index (χ4n) is 3.17. The first-order valence-electron chi connectivity index (χ1n) is 9.68. The molecule has 0 bridgehead atoms. The van der Waals surface area contributed by atoms with Crippen LogP contribution in [0.3, 0.4) is 0 Å². The lowest BCUT2D eigenvalue weighted by atomic mass is 9.77. The van der Waals surface area contributed by atoms with Crippen LogP contribution in [-0.4, -0.2) is 42.0 Å². The first kappa shape index (κ1) is 23.6. The smallest absolute Gasteiger partial charge is 0.311 e. The number of carbonyl (C=O) groups is 3. The number of pyridine rings is 1. The van der Waals surface area contributed by atoms with E-state index in [0.717, 1.165) is 5.69 Å². The number of nitrogens with one attached hydrogen (secondary N) is 2. The van der Waals surface area contributed by atoms with Crippen LogP contribution in [0.1, 0.15) is 59.1 Å². The summed E-state index contributed by atoms with van der Waals surface area (Å²) in [5.41, 5.74) is -0.354. The fraction of sp³-hybridized carbons (Fsp3) is 0.619. The third-order valence-electron chi connectivity index (χ3n) is 4.80. The van der Waals surface area contributed by atoms with E-state index < -0.39 is 11.0 Å². The van der Waals surface area contributed by atoms with Gasteiger partial charge in [0.1, 0.15) is 0 Å². The Labute approximate surface area is 167 Å². The maximum absolute atomic E-state index is 12.3. The molecule has 1 heterocycles. The monoisotopic (exact) mass is 391 g/mol. The molecule has 0 saturated heterocycles. The molecule has 156 valence electrons. The zero-order valence-electron chi connectivity index (χ0n) is 17.6. The Morgan fingerprint density at radius 3 is 2.36 bits per heavy atom. The Hall–Kier alpha value is -2.44. The van der Waals surface area contributed by atoms with Crippen molar-refractivity contribution in [3.8, 4) is 0 Å². The van der Waals surface area contributed by atoms with Gasteiger partial charge in [0.25, 0.3) is 0 Å². The topological polar surface area (TPSA) is 97.4 Å². The number of ether oxygens (including phenoxy) is 1. The van der Waals surface area contributed by atoms with Gasteiger partial charge in [0.15, 0.2) is 0 Å². The molecular weight excluding hydrogens is 358 g/mol. The summed E-state index contributed by atoms with van der Waals surface area (Å²) in [5.74, 6) is -0.683. The van der Waals surface area contributed by atoms with Gasteiger partial charge in [-0.2, -0.15) is 0 Å². The number of aromatic nitrogens is 1. The first-order chi connectivity index (χ1) is 13.1. The van der Waals surface area contributed by atoms with Crippen LogP contribution in [0.4, 0.5) is 0 Å². The average molecular weight is 392 g/mol. The fourth-order valence-corrected chi connectivity index (χ4v) is 3.17. The van der Waals surface area contributed by atoms with Crippen LogP contribution in [-0.2, 0) is 25.5 Å². The molecule has 1 atom stereocenters. The maximum Gasteiger partial charge on any atom is 0.311 e.